The van der Waals surface area contributed by atoms with Crippen molar-refractivity contribution in [1.82, 2.24) is 10.2 Å². The van der Waals surface area contributed by atoms with Crippen molar-refractivity contribution in [3.05, 3.63) is 35.4 Å². The predicted octanol–water partition coefficient (Wildman–Crippen LogP) is 1.65. The fraction of sp³-hybridized carbons (Fsp3) is 0.571. The average molecular weight is 269 g/mol. The van der Waals surface area contributed by atoms with Crippen molar-refractivity contribution < 1.29 is 8.78 Å². The summed E-state index contributed by atoms with van der Waals surface area (Å²) in [5.41, 5.74) is 6.44. The lowest BCUT2D eigenvalue weighted by Crippen LogP contribution is -2.48. The molecule has 1 aliphatic heterocycles. The Labute approximate surface area is 112 Å². The normalized spacial score (nSPS) is 20.2. The van der Waals surface area contributed by atoms with E-state index in [1.165, 1.54) is 12.1 Å². The van der Waals surface area contributed by atoms with E-state index in [1.54, 1.807) is 0 Å². The van der Waals surface area contributed by atoms with Gasteiger partial charge in [0.05, 0.1) is 0 Å². The van der Waals surface area contributed by atoms with Crippen LogP contribution in [0.5, 0.6) is 0 Å². The molecule has 5 heteroatoms. The van der Waals surface area contributed by atoms with Gasteiger partial charge in [-0.3, -0.25) is 4.90 Å². The monoisotopic (exact) mass is 269 g/mol. The lowest BCUT2D eigenvalue weighted by molar-refractivity contribution is 0.170. The largest absolute Gasteiger partial charge is 0.324 e. The molecule has 1 aromatic carbocycles. The van der Waals surface area contributed by atoms with Crippen LogP contribution in [0.2, 0.25) is 0 Å². The fourth-order valence-electron chi connectivity index (χ4n) is 2.57. The zero-order valence-corrected chi connectivity index (χ0v) is 11.2. The number of piperazine rings is 1. The highest BCUT2D eigenvalue weighted by Crippen LogP contribution is 2.22. The van der Waals surface area contributed by atoms with Crippen LogP contribution in [0.3, 0.4) is 0 Å². The van der Waals surface area contributed by atoms with Crippen molar-refractivity contribution in [3.8, 4) is 0 Å². The van der Waals surface area contributed by atoms with E-state index in [0.29, 0.717) is 18.0 Å². The van der Waals surface area contributed by atoms with Crippen LogP contribution in [0.1, 0.15) is 24.9 Å². The van der Waals surface area contributed by atoms with Gasteiger partial charge in [0.25, 0.3) is 0 Å². The minimum absolute atomic E-state index is 0.293. The summed E-state index contributed by atoms with van der Waals surface area (Å²) in [6.45, 7) is 6.03. The number of nitrogens with two attached hydrogens (primary N) is 1. The molecular weight excluding hydrogens is 248 g/mol. The Bertz CT molecular complexity index is 419. The maximum absolute atomic E-state index is 13.6. The maximum Gasteiger partial charge on any atom is 0.130 e. The summed E-state index contributed by atoms with van der Waals surface area (Å²) in [6.07, 6.45) is 0.669. The Balaban J connectivity index is 1.97. The fourth-order valence-corrected chi connectivity index (χ4v) is 2.57. The summed E-state index contributed by atoms with van der Waals surface area (Å²) in [7, 11) is 0. The van der Waals surface area contributed by atoms with E-state index in [0.717, 1.165) is 32.2 Å². The molecule has 0 bridgehead atoms. The van der Waals surface area contributed by atoms with Gasteiger partial charge in [-0.15, -0.1) is 0 Å². The molecule has 0 aromatic heterocycles. The van der Waals surface area contributed by atoms with Crippen molar-refractivity contribution in [2.75, 3.05) is 26.2 Å². The van der Waals surface area contributed by atoms with Gasteiger partial charge in [-0.1, -0.05) is 6.07 Å². The summed E-state index contributed by atoms with van der Waals surface area (Å²) >= 11 is 0. The van der Waals surface area contributed by atoms with Gasteiger partial charge >= 0.3 is 0 Å². The smallest absolute Gasteiger partial charge is 0.130 e. The average Bonchev–Trinajstić information content (AvgIpc) is 2.39. The predicted molar refractivity (Wildman–Crippen MR) is 71.8 cm³/mol. The molecule has 0 saturated carbocycles. The highest BCUT2D eigenvalue weighted by molar-refractivity contribution is 5.22. The number of halogens is 2. The number of nitrogens with zero attached hydrogens (tertiary/aromatic N) is 1. The molecule has 19 heavy (non-hydrogen) atoms. The van der Waals surface area contributed by atoms with Crippen LogP contribution in [0.25, 0.3) is 0 Å². The molecule has 3 nitrogen and oxygen atoms in total. The van der Waals surface area contributed by atoms with E-state index in [1.807, 2.05) is 0 Å². The lowest BCUT2D eigenvalue weighted by Gasteiger charge is -2.34. The number of hydrogen-bond acceptors (Lipinski definition) is 3. The molecule has 0 amide bonds. The standard InChI is InChI=1S/C14H21F2N3/c1-10(19-6-4-18-5-7-19)8-14(17)12-3-2-11(15)9-13(12)16/h2-3,9-10,14,18H,4-8,17H2,1H3. The zero-order valence-electron chi connectivity index (χ0n) is 11.2. The van der Waals surface area contributed by atoms with Gasteiger partial charge in [0, 0.05) is 49.9 Å². The summed E-state index contributed by atoms with van der Waals surface area (Å²) < 4.78 is 26.5. The highest BCUT2D eigenvalue weighted by atomic mass is 19.1. The van der Waals surface area contributed by atoms with E-state index in [2.05, 4.69) is 17.1 Å². The molecule has 2 rings (SSSR count). The topological polar surface area (TPSA) is 41.3 Å². The van der Waals surface area contributed by atoms with Gasteiger partial charge in [0.15, 0.2) is 0 Å². The molecule has 1 saturated heterocycles. The van der Waals surface area contributed by atoms with E-state index in [9.17, 15) is 8.78 Å². The molecule has 0 aliphatic carbocycles. The Morgan fingerprint density at radius 2 is 2.00 bits per heavy atom. The minimum Gasteiger partial charge on any atom is -0.324 e. The molecule has 2 unspecified atom stereocenters. The molecular formula is C14H21F2N3. The SMILES string of the molecule is CC(CC(N)c1ccc(F)cc1F)N1CCNCC1. The van der Waals surface area contributed by atoms with Crippen LogP contribution in [-0.4, -0.2) is 37.1 Å². The minimum atomic E-state index is -0.566. The second-order valence-electron chi connectivity index (χ2n) is 5.14. The van der Waals surface area contributed by atoms with Crippen LogP contribution in [0, 0.1) is 11.6 Å². The first-order valence-corrected chi connectivity index (χ1v) is 6.73. The molecule has 1 aromatic rings. The molecule has 2 atom stereocenters. The third-order valence-corrected chi connectivity index (χ3v) is 3.73. The van der Waals surface area contributed by atoms with Crippen LogP contribution < -0.4 is 11.1 Å². The van der Waals surface area contributed by atoms with Crippen LogP contribution in [0.15, 0.2) is 18.2 Å². The summed E-state index contributed by atoms with van der Waals surface area (Å²) in [6, 6.07) is 3.49. The Morgan fingerprint density at radius 3 is 2.63 bits per heavy atom. The first-order chi connectivity index (χ1) is 9.08. The third-order valence-electron chi connectivity index (χ3n) is 3.73. The van der Waals surface area contributed by atoms with Crippen molar-refractivity contribution in [1.29, 1.82) is 0 Å². The number of hydrogen-bond donors (Lipinski definition) is 2. The van der Waals surface area contributed by atoms with Gasteiger partial charge in [0.1, 0.15) is 11.6 Å². The van der Waals surface area contributed by atoms with Gasteiger partial charge in [-0.25, -0.2) is 8.78 Å². The molecule has 1 fully saturated rings. The molecule has 0 spiro atoms. The highest BCUT2D eigenvalue weighted by Gasteiger charge is 2.21. The summed E-state index contributed by atoms with van der Waals surface area (Å²) in [5, 5.41) is 3.30. The number of benzene rings is 1. The molecule has 3 N–H and O–H groups in total. The third kappa shape index (κ3) is 3.72. The van der Waals surface area contributed by atoms with E-state index in [-0.39, 0.29) is 0 Å². The van der Waals surface area contributed by atoms with Crippen LogP contribution >= 0.6 is 0 Å². The van der Waals surface area contributed by atoms with E-state index in [4.69, 9.17) is 5.73 Å². The number of nitrogens with one attached hydrogen (secondary N) is 1. The molecule has 106 valence electrons. The molecule has 1 aliphatic rings. The van der Waals surface area contributed by atoms with Gasteiger partial charge in [-0.2, -0.15) is 0 Å². The van der Waals surface area contributed by atoms with Gasteiger partial charge in [-0.05, 0) is 19.4 Å². The van der Waals surface area contributed by atoms with Crippen LogP contribution in [0.4, 0.5) is 8.78 Å². The Hall–Kier alpha value is -1.04. The molecule has 0 radical (unpaired) electrons. The zero-order chi connectivity index (χ0) is 13.8. The first kappa shape index (κ1) is 14.4. The van der Waals surface area contributed by atoms with Crippen molar-refractivity contribution in [2.45, 2.75) is 25.4 Å². The lowest BCUT2D eigenvalue weighted by atomic mass is 9.99. The second kappa shape index (κ2) is 6.41. The number of rotatable bonds is 4. The van der Waals surface area contributed by atoms with Crippen molar-refractivity contribution in [3.63, 3.8) is 0 Å². The maximum atomic E-state index is 13.6. The molecule has 1 heterocycles. The first-order valence-electron chi connectivity index (χ1n) is 6.73. The van der Waals surface area contributed by atoms with E-state index >= 15 is 0 Å². The van der Waals surface area contributed by atoms with Gasteiger partial charge < -0.3 is 11.1 Å². The summed E-state index contributed by atoms with van der Waals surface area (Å²) in [5.74, 6) is -1.12. The van der Waals surface area contributed by atoms with Crippen molar-refractivity contribution >= 4 is 0 Å². The Morgan fingerprint density at radius 1 is 1.32 bits per heavy atom. The van der Waals surface area contributed by atoms with Gasteiger partial charge in [0.2, 0.25) is 0 Å². The van der Waals surface area contributed by atoms with E-state index < -0.39 is 17.7 Å². The second-order valence-corrected chi connectivity index (χ2v) is 5.14. The van der Waals surface area contributed by atoms with Crippen molar-refractivity contribution in [2.24, 2.45) is 5.73 Å². The quantitative estimate of drug-likeness (QED) is 0.873. The van der Waals surface area contributed by atoms with Crippen LogP contribution in [-0.2, 0) is 0 Å². The Kier molecular flexibility index (Phi) is 4.85. The summed E-state index contributed by atoms with van der Waals surface area (Å²) in [4.78, 5) is 2.35.